The van der Waals surface area contributed by atoms with Crippen molar-refractivity contribution in [2.45, 2.75) is 20.0 Å². The van der Waals surface area contributed by atoms with Crippen LogP contribution in [0.2, 0.25) is 5.02 Å². The molecule has 0 spiro atoms. The highest BCUT2D eigenvalue weighted by Gasteiger charge is 2.24. The first-order chi connectivity index (χ1) is 17.5. The Balaban J connectivity index is 1.52. The lowest BCUT2D eigenvalue weighted by molar-refractivity contribution is -0.133. The largest absolute Gasteiger partial charge is 0.379 e. The number of hydrogen-bond donors (Lipinski definition) is 0. The highest BCUT2D eigenvalue weighted by Crippen LogP contribution is 2.19. The molecule has 8 heteroatoms. The first-order valence-electron chi connectivity index (χ1n) is 12.2. The van der Waals surface area contributed by atoms with Crippen molar-refractivity contribution in [1.82, 2.24) is 14.7 Å². The molecule has 0 saturated carbocycles. The number of ether oxygens (including phenoxy) is 1. The molecular weight excluding hydrogens is 494 g/mol. The average Bonchev–Trinajstić information content (AvgIpc) is 3.31. The van der Waals surface area contributed by atoms with Gasteiger partial charge in [-0.25, -0.2) is 0 Å². The maximum Gasteiger partial charge on any atom is 0.254 e. The molecule has 2 heterocycles. The Morgan fingerprint density at radius 3 is 2.33 bits per heavy atom. The van der Waals surface area contributed by atoms with Gasteiger partial charge in [0.15, 0.2) is 0 Å². The molecule has 0 N–H and O–H groups in total. The lowest BCUT2D eigenvalue weighted by atomic mass is 10.2. The summed E-state index contributed by atoms with van der Waals surface area (Å²) in [6.45, 7) is 7.28. The molecule has 0 atom stereocenters. The number of amides is 2. The van der Waals surface area contributed by atoms with Crippen molar-refractivity contribution in [1.29, 1.82) is 0 Å². The summed E-state index contributed by atoms with van der Waals surface area (Å²) in [6, 6.07) is 21.0. The number of benzene rings is 2. The Bertz CT molecular complexity index is 1130. The van der Waals surface area contributed by atoms with Gasteiger partial charge < -0.3 is 14.5 Å². The number of morpholine rings is 1. The van der Waals surface area contributed by atoms with Gasteiger partial charge in [-0.05, 0) is 48.9 Å². The van der Waals surface area contributed by atoms with Gasteiger partial charge in [0.1, 0.15) is 6.54 Å². The Kier molecular flexibility index (Phi) is 9.53. The molecule has 0 aliphatic carbocycles. The number of rotatable bonds is 10. The van der Waals surface area contributed by atoms with E-state index in [2.05, 4.69) is 24.0 Å². The summed E-state index contributed by atoms with van der Waals surface area (Å²) < 4.78 is 5.45. The molecular formula is C28H32ClN3O3S. The number of halogens is 1. The molecule has 1 aliphatic rings. The van der Waals surface area contributed by atoms with Crippen molar-refractivity contribution in [2.75, 3.05) is 45.9 Å². The van der Waals surface area contributed by atoms with Gasteiger partial charge in [0.2, 0.25) is 5.91 Å². The van der Waals surface area contributed by atoms with E-state index in [1.54, 1.807) is 40.5 Å². The lowest BCUT2D eigenvalue weighted by Gasteiger charge is -2.31. The lowest BCUT2D eigenvalue weighted by Crippen LogP contribution is -2.47. The molecule has 0 bridgehead atoms. The normalized spacial score (nSPS) is 13.9. The first kappa shape index (κ1) is 26.4. The Morgan fingerprint density at radius 2 is 1.67 bits per heavy atom. The van der Waals surface area contributed by atoms with E-state index < -0.39 is 0 Å². The zero-order chi connectivity index (χ0) is 25.3. The van der Waals surface area contributed by atoms with Crippen LogP contribution in [0.25, 0.3) is 0 Å². The fourth-order valence-electron chi connectivity index (χ4n) is 4.17. The smallest absolute Gasteiger partial charge is 0.254 e. The van der Waals surface area contributed by atoms with Gasteiger partial charge in [0.25, 0.3) is 5.91 Å². The second kappa shape index (κ2) is 13.0. The zero-order valence-corrected chi connectivity index (χ0v) is 22.1. The van der Waals surface area contributed by atoms with E-state index in [1.807, 2.05) is 35.2 Å². The highest BCUT2D eigenvalue weighted by molar-refractivity contribution is 7.11. The zero-order valence-electron chi connectivity index (χ0n) is 20.6. The minimum Gasteiger partial charge on any atom is -0.379 e. The fourth-order valence-corrected chi connectivity index (χ4v) is 5.20. The molecule has 4 rings (SSSR count). The van der Waals surface area contributed by atoms with Crippen molar-refractivity contribution in [2.24, 2.45) is 0 Å². The van der Waals surface area contributed by atoms with Gasteiger partial charge in [-0.1, -0.05) is 41.9 Å². The van der Waals surface area contributed by atoms with Crippen molar-refractivity contribution >= 4 is 34.8 Å². The summed E-state index contributed by atoms with van der Waals surface area (Å²) in [5, 5.41) is 0.572. The van der Waals surface area contributed by atoms with E-state index in [-0.39, 0.29) is 18.4 Å². The summed E-state index contributed by atoms with van der Waals surface area (Å²) in [6.07, 6.45) is 0. The van der Waals surface area contributed by atoms with Crippen LogP contribution >= 0.6 is 22.9 Å². The van der Waals surface area contributed by atoms with Crippen LogP contribution in [0.5, 0.6) is 0 Å². The SMILES string of the molecule is Cc1ccc(CN(Cc2ccccc2)C(=O)CN(CCN2CCOCC2)C(=O)c2ccc(Cl)cc2)s1. The monoisotopic (exact) mass is 525 g/mol. The van der Waals surface area contributed by atoms with Gasteiger partial charge in [0.05, 0.1) is 19.8 Å². The predicted octanol–water partition coefficient (Wildman–Crippen LogP) is 4.71. The summed E-state index contributed by atoms with van der Waals surface area (Å²) in [5.74, 6) is -0.242. The van der Waals surface area contributed by atoms with Crippen LogP contribution in [-0.2, 0) is 22.6 Å². The maximum atomic E-state index is 13.7. The molecule has 0 unspecified atom stereocenters. The topological polar surface area (TPSA) is 53.1 Å². The highest BCUT2D eigenvalue weighted by atomic mass is 35.5. The first-order valence-corrected chi connectivity index (χ1v) is 13.4. The van der Waals surface area contributed by atoms with Crippen LogP contribution < -0.4 is 0 Å². The van der Waals surface area contributed by atoms with Gasteiger partial charge in [-0.3, -0.25) is 14.5 Å². The quantitative estimate of drug-likeness (QED) is 0.384. The van der Waals surface area contributed by atoms with Gasteiger partial charge in [-0.2, -0.15) is 0 Å². The molecule has 1 aliphatic heterocycles. The molecule has 2 amide bonds. The third-order valence-corrected chi connectivity index (χ3v) is 7.44. The van der Waals surface area contributed by atoms with Crippen LogP contribution in [0.15, 0.2) is 66.7 Å². The Labute approximate surface area is 222 Å². The maximum absolute atomic E-state index is 13.7. The molecule has 190 valence electrons. The summed E-state index contributed by atoms with van der Waals surface area (Å²) >= 11 is 7.73. The molecule has 6 nitrogen and oxygen atoms in total. The third kappa shape index (κ3) is 7.64. The van der Waals surface area contributed by atoms with Crippen molar-refractivity contribution in [3.05, 3.63) is 92.6 Å². The van der Waals surface area contributed by atoms with Crippen molar-refractivity contribution < 1.29 is 14.3 Å². The molecule has 1 aromatic heterocycles. The van der Waals surface area contributed by atoms with Gasteiger partial charge >= 0.3 is 0 Å². The van der Waals surface area contributed by atoms with E-state index in [0.29, 0.717) is 50.0 Å². The minimum absolute atomic E-state index is 0.0169. The number of nitrogens with zero attached hydrogens (tertiary/aromatic N) is 3. The Hall–Kier alpha value is -2.71. The van der Waals surface area contributed by atoms with Crippen LogP contribution in [0.4, 0.5) is 0 Å². The molecule has 1 saturated heterocycles. The number of thiophene rings is 1. The van der Waals surface area contributed by atoms with Crippen LogP contribution in [-0.4, -0.2) is 72.5 Å². The van der Waals surface area contributed by atoms with Crippen LogP contribution in [0, 0.1) is 6.92 Å². The standard InChI is InChI=1S/C28H32ClN3O3S/c1-22-7-12-26(36-22)20-32(19-23-5-3-2-4-6-23)27(33)21-31(14-13-30-15-17-35-18-16-30)28(34)24-8-10-25(29)11-9-24/h2-12H,13-21H2,1H3. The third-order valence-electron chi connectivity index (χ3n) is 6.21. The summed E-state index contributed by atoms with van der Waals surface area (Å²) in [7, 11) is 0. The van der Waals surface area contributed by atoms with Crippen LogP contribution in [0.1, 0.15) is 25.7 Å². The molecule has 2 aromatic carbocycles. The minimum atomic E-state index is -0.167. The molecule has 36 heavy (non-hydrogen) atoms. The molecule has 0 radical (unpaired) electrons. The van der Waals surface area contributed by atoms with E-state index in [1.165, 1.54) is 4.88 Å². The second-order valence-electron chi connectivity index (χ2n) is 8.94. The summed E-state index contributed by atoms with van der Waals surface area (Å²) in [5.41, 5.74) is 1.58. The number of carbonyl (C=O) groups excluding carboxylic acids is 2. The number of aryl methyl sites for hydroxylation is 1. The van der Waals surface area contributed by atoms with Crippen LogP contribution in [0.3, 0.4) is 0 Å². The predicted molar refractivity (Wildman–Crippen MR) is 144 cm³/mol. The molecule has 3 aromatic rings. The van der Waals surface area contributed by atoms with Crippen molar-refractivity contribution in [3.8, 4) is 0 Å². The van der Waals surface area contributed by atoms with E-state index >= 15 is 0 Å². The molecule has 1 fully saturated rings. The van der Waals surface area contributed by atoms with E-state index in [0.717, 1.165) is 23.5 Å². The van der Waals surface area contributed by atoms with Gasteiger partial charge in [0, 0.05) is 53.1 Å². The Morgan fingerprint density at radius 1 is 0.944 bits per heavy atom. The number of carbonyl (C=O) groups is 2. The van der Waals surface area contributed by atoms with E-state index in [4.69, 9.17) is 16.3 Å². The average molecular weight is 526 g/mol. The summed E-state index contributed by atoms with van der Waals surface area (Å²) in [4.78, 5) is 35.3. The fraction of sp³-hybridized carbons (Fsp3) is 0.357. The number of hydrogen-bond acceptors (Lipinski definition) is 5. The van der Waals surface area contributed by atoms with Gasteiger partial charge in [-0.15, -0.1) is 11.3 Å². The second-order valence-corrected chi connectivity index (χ2v) is 10.7. The van der Waals surface area contributed by atoms with Crippen molar-refractivity contribution in [3.63, 3.8) is 0 Å². The van der Waals surface area contributed by atoms with E-state index in [9.17, 15) is 9.59 Å².